The summed E-state index contributed by atoms with van der Waals surface area (Å²) in [6, 6.07) is 6.28. The Balaban J connectivity index is 1.31. The van der Waals surface area contributed by atoms with Crippen molar-refractivity contribution in [3.8, 4) is 0 Å². The Morgan fingerprint density at radius 3 is 2.86 bits per heavy atom. The predicted molar refractivity (Wildman–Crippen MR) is 107 cm³/mol. The van der Waals surface area contributed by atoms with E-state index >= 15 is 0 Å². The van der Waals surface area contributed by atoms with Crippen LogP contribution in [-0.4, -0.2) is 59.2 Å². The Bertz CT molecular complexity index is 852. The highest BCUT2D eigenvalue weighted by atomic mass is 16.2. The minimum atomic E-state index is -0.548. The molecule has 1 aromatic rings. The molecule has 1 unspecified atom stereocenters. The van der Waals surface area contributed by atoms with Gasteiger partial charge in [-0.25, -0.2) is 0 Å². The standard InChI is InChI=1S/C22H28N4O3/c27-20-6-5-19(21(28)24-20)26-13-16-4-3-14(10-17(16)22(26)29)12-25-9-1-2-15-11-23-8-7-18(15)25/h3-4,10,15,18-19,23H,1-2,5-9,11-13H2,(H,24,27,28)/t15-,18-,19?/m0/s1. The van der Waals surface area contributed by atoms with E-state index < -0.39 is 6.04 Å². The summed E-state index contributed by atoms with van der Waals surface area (Å²) in [7, 11) is 0. The molecule has 7 nitrogen and oxygen atoms in total. The first-order valence-electron chi connectivity index (χ1n) is 10.8. The van der Waals surface area contributed by atoms with Crippen LogP contribution in [0.1, 0.15) is 53.6 Å². The number of nitrogens with zero attached hydrogens (tertiary/aromatic N) is 2. The van der Waals surface area contributed by atoms with Crippen molar-refractivity contribution in [3.05, 3.63) is 34.9 Å². The minimum Gasteiger partial charge on any atom is -0.322 e. The Morgan fingerprint density at radius 1 is 1.10 bits per heavy atom. The number of amides is 3. The maximum Gasteiger partial charge on any atom is 0.255 e. The van der Waals surface area contributed by atoms with Crippen LogP contribution in [0.4, 0.5) is 0 Å². The quantitative estimate of drug-likeness (QED) is 0.746. The molecule has 0 aliphatic carbocycles. The molecule has 3 atom stereocenters. The van der Waals surface area contributed by atoms with Crippen LogP contribution in [0, 0.1) is 5.92 Å². The van der Waals surface area contributed by atoms with E-state index in [-0.39, 0.29) is 24.1 Å². The van der Waals surface area contributed by atoms with E-state index in [0.29, 0.717) is 24.6 Å². The number of fused-ring (bicyclic) bond motifs is 2. The number of likely N-dealkylation sites (tertiary alicyclic amines) is 1. The zero-order valence-corrected chi connectivity index (χ0v) is 16.7. The van der Waals surface area contributed by atoms with Crippen LogP contribution < -0.4 is 10.6 Å². The van der Waals surface area contributed by atoms with Gasteiger partial charge in [0, 0.05) is 31.1 Å². The van der Waals surface area contributed by atoms with Crippen molar-refractivity contribution in [1.29, 1.82) is 0 Å². The molecule has 0 saturated carbocycles. The van der Waals surface area contributed by atoms with Gasteiger partial charge in [0.15, 0.2) is 0 Å². The minimum absolute atomic E-state index is 0.0882. The van der Waals surface area contributed by atoms with Crippen LogP contribution in [0.15, 0.2) is 18.2 Å². The average molecular weight is 396 g/mol. The van der Waals surface area contributed by atoms with Gasteiger partial charge in [0.2, 0.25) is 11.8 Å². The van der Waals surface area contributed by atoms with Crippen LogP contribution in [-0.2, 0) is 22.7 Å². The SMILES string of the molecule is O=C1CCC(N2Cc3ccc(CN4CCC[C@H]5CNCC[C@@H]54)cc3C2=O)C(=O)N1. The normalized spacial score (nSPS) is 30.1. The molecule has 4 heterocycles. The number of carbonyl (C=O) groups is 3. The fraction of sp³-hybridized carbons (Fsp3) is 0.591. The largest absolute Gasteiger partial charge is 0.322 e. The first-order valence-corrected chi connectivity index (χ1v) is 10.8. The van der Waals surface area contributed by atoms with Gasteiger partial charge in [-0.1, -0.05) is 12.1 Å². The molecule has 4 aliphatic heterocycles. The van der Waals surface area contributed by atoms with E-state index in [1.165, 1.54) is 24.8 Å². The van der Waals surface area contributed by atoms with Gasteiger partial charge in [-0.3, -0.25) is 24.6 Å². The third-order valence-electron chi connectivity index (χ3n) is 7.04. The smallest absolute Gasteiger partial charge is 0.255 e. The van der Waals surface area contributed by atoms with E-state index in [1.807, 2.05) is 12.1 Å². The zero-order chi connectivity index (χ0) is 20.0. The molecule has 0 spiro atoms. The Morgan fingerprint density at radius 2 is 2.00 bits per heavy atom. The van der Waals surface area contributed by atoms with Crippen molar-refractivity contribution in [1.82, 2.24) is 20.4 Å². The Labute approximate surface area is 170 Å². The van der Waals surface area contributed by atoms with E-state index in [0.717, 1.165) is 37.7 Å². The number of hydrogen-bond donors (Lipinski definition) is 2. The van der Waals surface area contributed by atoms with Crippen molar-refractivity contribution in [3.63, 3.8) is 0 Å². The summed E-state index contributed by atoms with van der Waals surface area (Å²) in [5.74, 6) is 0.0367. The first kappa shape index (κ1) is 18.8. The fourth-order valence-corrected chi connectivity index (χ4v) is 5.54. The lowest BCUT2D eigenvalue weighted by molar-refractivity contribution is -0.136. The third kappa shape index (κ3) is 3.46. The number of rotatable bonds is 3. The summed E-state index contributed by atoms with van der Waals surface area (Å²) in [5.41, 5.74) is 2.86. The molecular weight excluding hydrogens is 368 g/mol. The number of hydrogen-bond acceptors (Lipinski definition) is 5. The van der Waals surface area contributed by atoms with Gasteiger partial charge < -0.3 is 10.2 Å². The van der Waals surface area contributed by atoms with Gasteiger partial charge in [-0.15, -0.1) is 0 Å². The van der Waals surface area contributed by atoms with Crippen molar-refractivity contribution in [2.45, 2.75) is 57.3 Å². The monoisotopic (exact) mass is 396 g/mol. The molecule has 3 saturated heterocycles. The van der Waals surface area contributed by atoms with Gasteiger partial charge in [0.25, 0.3) is 5.91 Å². The highest BCUT2D eigenvalue weighted by molar-refractivity contribution is 6.05. The lowest BCUT2D eigenvalue weighted by Gasteiger charge is -2.44. The number of imide groups is 1. The Kier molecular flexibility index (Phi) is 4.87. The van der Waals surface area contributed by atoms with E-state index in [2.05, 4.69) is 21.6 Å². The topological polar surface area (TPSA) is 81.8 Å². The van der Waals surface area contributed by atoms with Crippen LogP contribution >= 0.6 is 0 Å². The molecule has 29 heavy (non-hydrogen) atoms. The zero-order valence-electron chi connectivity index (χ0n) is 16.7. The molecule has 0 bridgehead atoms. The van der Waals surface area contributed by atoms with Crippen LogP contribution in [0.3, 0.4) is 0 Å². The van der Waals surface area contributed by atoms with Gasteiger partial charge >= 0.3 is 0 Å². The lowest BCUT2D eigenvalue weighted by Crippen LogP contribution is -2.52. The summed E-state index contributed by atoms with van der Waals surface area (Å²) in [4.78, 5) is 40.9. The summed E-state index contributed by atoms with van der Waals surface area (Å²) in [5, 5.41) is 5.88. The predicted octanol–water partition coefficient (Wildman–Crippen LogP) is 1.02. The molecule has 4 aliphatic rings. The second-order valence-electron chi connectivity index (χ2n) is 8.82. The third-order valence-corrected chi connectivity index (χ3v) is 7.04. The molecule has 5 rings (SSSR count). The molecule has 7 heteroatoms. The fourth-order valence-electron chi connectivity index (χ4n) is 5.54. The highest BCUT2D eigenvalue weighted by Crippen LogP contribution is 2.31. The molecule has 0 aromatic heterocycles. The Hall–Kier alpha value is -2.25. The number of benzene rings is 1. The second kappa shape index (κ2) is 7.54. The van der Waals surface area contributed by atoms with Crippen molar-refractivity contribution < 1.29 is 14.4 Å². The summed E-state index contributed by atoms with van der Waals surface area (Å²) in [6.45, 7) is 4.64. The average Bonchev–Trinajstić information content (AvgIpc) is 3.04. The van der Waals surface area contributed by atoms with Crippen molar-refractivity contribution in [2.75, 3.05) is 19.6 Å². The number of nitrogens with one attached hydrogen (secondary N) is 2. The molecule has 3 fully saturated rings. The van der Waals surface area contributed by atoms with E-state index in [9.17, 15) is 14.4 Å². The lowest BCUT2D eigenvalue weighted by atomic mass is 9.84. The maximum absolute atomic E-state index is 13.0. The molecule has 3 amide bonds. The van der Waals surface area contributed by atoms with Crippen molar-refractivity contribution in [2.24, 2.45) is 5.92 Å². The summed E-state index contributed by atoms with van der Waals surface area (Å²) >= 11 is 0. The van der Waals surface area contributed by atoms with Gasteiger partial charge in [-0.05, 0) is 68.4 Å². The maximum atomic E-state index is 13.0. The first-order chi connectivity index (χ1) is 14.1. The van der Waals surface area contributed by atoms with Crippen LogP contribution in [0.5, 0.6) is 0 Å². The van der Waals surface area contributed by atoms with Crippen LogP contribution in [0.25, 0.3) is 0 Å². The second-order valence-corrected chi connectivity index (χ2v) is 8.82. The summed E-state index contributed by atoms with van der Waals surface area (Å²) in [6.07, 6.45) is 4.42. The molecular formula is C22H28N4O3. The molecule has 154 valence electrons. The van der Waals surface area contributed by atoms with E-state index in [1.54, 1.807) is 4.90 Å². The molecule has 2 N–H and O–H groups in total. The molecule has 1 aromatic carbocycles. The summed E-state index contributed by atoms with van der Waals surface area (Å²) < 4.78 is 0. The van der Waals surface area contributed by atoms with Crippen LogP contribution in [0.2, 0.25) is 0 Å². The molecule has 0 radical (unpaired) electrons. The van der Waals surface area contributed by atoms with Gasteiger partial charge in [0.05, 0.1) is 0 Å². The number of carbonyl (C=O) groups excluding carboxylic acids is 3. The number of piperidine rings is 3. The van der Waals surface area contributed by atoms with Gasteiger partial charge in [0.1, 0.15) is 6.04 Å². The highest BCUT2D eigenvalue weighted by Gasteiger charge is 2.39. The van der Waals surface area contributed by atoms with Gasteiger partial charge in [-0.2, -0.15) is 0 Å². The van der Waals surface area contributed by atoms with E-state index in [4.69, 9.17) is 0 Å². The van der Waals surface area contributed by atoms with Crippen molar-refractivity contribution >= 4 is 17.7 Å².